The summed E-state index contributed by atoms with van der Waals surface area (Å²) >= 11 is 0. The van der Waals surface area contributed by atoms with Crippen molar-refractivity contribution >= 4 is 29.3 Å². The lowest BCUT2D eigenvalue weighted by atomic mass is 10.3. The van der Waals surface area contributed by atoms with Gasteiger partial charge in [-0.05, 0) is 40.0 Å². The smallest absolute Gasteiger partial charge is 0.333 e. The van der Waals surface area contributed by atoms with E-state index in [4.69, 9.17) is 13.6 Å². The minimum atomic E-state index is -2.24. The molecule has 0 aromatic heterocycles. The highest BCUT2D eigenvalue weighted by Crippen LogP contribution is 2.20. The first-order valence-electron chi connectivity index (χ1n) is 7.34. The van der Waals surface area contributed by atoms with Gasteiger partial charge in [0.15, 0.2) is 9.04 Å². The molecule has 0 rings (SSSR count). The summed E-state index contributed by atoms with van der Waals surface area (Å²) in [6.07, 6.45) is 0.415. The molecule has 0 aromatic rings. The molecular formula is C15H28O5Si2. The molecule has 0 aliphatic rings. The van der Waals surface area contributed by atoms with Crippen molar-refractivity contribution in [2.24, 2.45) is 0 Å². The molecule has 22 heavy (non-hydrogen) atoms. The lowest BCUT2D eigenvalue weighted by molar-refractivity contribution is -0.143. The Hall–Kier alpha value is -1.19. The average Bonchev–Trinajstić information content (AvgIpc) is 2.35. The minimum absolute atomic E-state index is 0.166. The van der Waals surface area contributed by atoms with E-state index in [1.165, 1.54) is 0 Å². The molecule has 0 saturated heterocycles. The van der Waals surface area contributed by atoms with Gasteiger partial charge < -0.3 is 13.6 Å². The highest BCUT2D eigenvalue weighted by Gasteiger charge is 2.37. The van der Waals surface area contributed by atoms with Gasteiger partial charge >= 0.3 is 11.9 Å². The summed E-state index contributed by atoms with van der Waals surface area (Å²) in [5.41, 5.74) is 0.304. The molecule has 0 aliphatic heterocycles. The summed E-state index contributed by atoms with van der Waals surface area (Å²) in [7, 11) is -3.51. The molecule has 0 saturated carbocycles. The Morgan fingerprint density at radius 3 is 2.00 bits per heavy atom. The van der Waals surface area contributed by atoms with E-state index in [1.54, 1.807) is 13.8 Å². The van der Waals surface area contributed by atoms with Crippen molar-refractivity contribution in [1.29, 1.82) is 0 Å². The normalized spacial score (nSPS) is 12.7. The van der Waals surface area contributed by atoms with Crippen LogP contribution in [0.1, 0.15) is 20.3 Å². The molecule has 0 fully saturated rings. The molecule has 126 valence electrons. The van der Waals surface area contributed by atoms with Crippen LogP contribution in [0.4, 0.5) is 0 Å². The predicted molar refractivity (Wildman–Crippen MR) is 92.5 cm³/mol. The number of hydrogen-bond donors (Lipinski definition) is 0. The van der Waals surface area contributed by atoms with Crippen molar-refractivity contribution < 1.29 is 23.2 Å². The van der Waals surface area contributed by atoms with Gasteiger partial charge in [-0.3, -0.25) is 0 Å². The van der Waals surface area contributed by atoms with Crippen LogP contribution in [0, 0.1) is 0 Å². The van der Waals surface area contributed by atoms with Gasteiger partial charge in [0.2, 0.25) is 8.32 Å². The van der Waals surface area contributed by atoms with E-state index >= 15 is 0 Å². The Morgan fingerprint density at radius 2 is 1.59 bits per heavy atom. The summed E-state index contributed by atoms with van der Waals surface area (Å²) in [6.45, 7) is 18.7. The summed E-state index contributed by atoms with van der Waals surface area (Å²) in [5, 5.41) is 0. The van der Waals surface area contributed by atoms with Crippen LogP contribution in [-0.2, 0) is 23.2 Å². The third-order valence-electron chi connectivity index (χ3n) is 2.87. The fourth-order valence-corrected chi connectivity index (χ4v) is 8.51. The van der Waals surface area contributed by atoms with Crippen LogP contribution >= 0.6 is 0 Å². The van der Waals surface area contributed by atoms with Crippen LogP contribution in [-0.4, -0.2) is 41.6 Å². The molecule has 0 aliphatic carbocycles. The molecule has 0 spiro atoms. The van der Waals surface area contributed by atoms with Crippen LogP contribution in [0.25, 0.3) is 0 Å². The molecule has 0 aromatic carbocycles. The van der Waals surface area contributed by atoms with Crippen LogP contribution in [0.2, 0.25) is 26.2 Å². The van der Waals surface area contributed by atoms with Gasteiger partial charge in [-0.1, -0.05) is 13.2 Å². The summed E-state index contributed by atoms with van der Waals surface area (Å²) in [6, 6.07) is 0. The van der Waals surface area contributed by atoms with Crippen molar-refractivity contribution in [3.05, 3.63) is 24.3 Å². The predicted octanol–water partition coefficient (Wildman–Crippen LogP) is 2.73. The third kappa shape index (κ3) is 7.72. The summed E-state index contributed by atoms with van der Waals surface area (Å²) in [5.74, 6) is -0.880. The Balaban J connectivity index is 4.86. The molecule has 1 atom stereocenters. The van der Waals surface area contributed by atoms with Crippen molar-refractivity contribution in [1.82, 2.24) is 0 Å². The number of rotatable bonds is 9. The van der Waals surface area contributed by atoms with E-state index in [0.717, 1.165) is 0 Å². The molecule has 5 nitrogen and oxygen atoms in total. The monoisotopic (exact) mass is 344 g/mol. The number of esters is 2. The Bertz CT molecular complexity index is 443. The molecular weight excluding hydrogens is 316 g/mol. The van der Waals surface area contributed by atoms with Gasteiger partial charge in [0.25, 0.3) is 0 Å². The first kappa shape index (κ1) is 20.8. The number of carbonyl (C=O) groups excluding carboxylic acids is 2. The standard InChI is InChI=1S/C15H28O5Si2/c1-11(2)14(16)18-10-9-13(19-15(17)12(3)4)22(7,8)20-21(5)6/h13,21H,1,3,9-10H2,2,4-8H3. The zero-order valence-electron chi connectivity index (χ0n) is 14.5. The molecule has 0 heterocycles. The van der Waals surface area contributed by atoms with Gasteiger partial charge in [-0.15, -0.1) is 0 Å². The second-order valence-electron chi connectivity index (χ2n) is 6.15. The first-order valence-corrected chi connectivity index (χ1v) is 13.1. The number of hydrogen-bond acceptors (Lipinski definition) is 5. The highest BCUT2D eigenvalue weighted by atomic mass is 28.4. The van der Waals surface area contributed by atoms with E-state index in [2.05, 4.69) is 26.3 Å². The fraction of sp³-hybridized carbons (Fsp3) is 0.600. The largest absolute Gasteiger partial charge is 0.462 e. The lowest BCUT2D eigenvalue weighted by Gasteiger charge is -2.33. The van der Waals surface area contributed by atoms with Gasteiger partial charge in [-0.2, -0.15) is 0 Å². The zero-order valence-corrected chi connectivity index (χ0v) is 16.7. The second-order valence-corrected chi connectivity index (χ2v) is 13.0. The van der Waals surface area contributed by atoms with Crippen molar-refractivity contribution in [2.75, 3.05) is 6.61 Å². The quantitative estimate of drug-likeness (QED) is 0.366. The number of carbonyl (C=O) groups is 2. The topological polar surface area (TPSA) is 61.8 Å². The molecule has 7 heteroatoms. The van der Waals surface area contributed by atoms with E-state index in [9.17, 15) is 9.59 Å². The Morgan fingerprint density at radius 1 is 1.09 bits per heavy atom. The molecule has 0 radical (unpaired) electrons. The summed E-state index contributed by atoms with van der Waals surface area (Å²) < 4.78 is 16.7. The third-order valence-corrected chi connectivity index (χ3v) is 9.15. The zero-order chi connectivity index (χ0) is 17.5. The van der Waals surface area contributed by atoms with Gasteiger partial charge in [0.1, 0.15) is 5.73 Å². The van der Waals surface area contributed by atoms with Crippen molar-refractivity contribution in [2.45, 2.75) is 52.2 Å². The molecule has 0 amide bonds. The maximum Gasteiger partial charge on any atom is 0.333 e. The maximum absolute atomic E-state index is 11.8. The molecule has 0 N–H and O–H groups in total. The van der Waals surface area contributed by atoms with Crippen LogP contribution < -0.4 is 0 Å². The van der Waals surface area contributed by atoms with Crippen molar-refractivity contribution in [3.63, 3.8) is 0 Å². The number of ether oxygens (including phenoxy) is 2. The average molecular weight is 345 g/mol. The lowest BCUT2D eigenvalue weighted by Crippen LogP contribution is -2.50. The van der Waals surface area contributed by atoms with E-state index < -0.39 is 29.3 Å². The van der Waals surface area contributed by atoms with Crippen molar-refractivity contribution in [3.8, 4) is 0 Å². The van der Waals surface area contributed by atoms with E-state index in [0.29, 0.717) is 17.6 Å². The highest BCUT2D eigenvalue weighted by molar-refractivity contribution is 6.78. The SMILES string of the molecule is C=C(C)C(=O)OCCC(OC(=O)C(=C)C)[Si](C)(C)O[SiH](C)C. The Kier molecular flexibility index (Phi) is 8.58. The fourth-order valence-electron chi connectivity index (χ4n) is 1.84. The van der Waals surface area contributed by atoms with Crippen LogP contribution in [0.5, 0.6) is 0 Å². The van der Waals surface area contributed by atoms with Crippen LogP contribution in [0.15, 0.2) is 24.3 Å². The molecule has 1 unspecified atom stereocenters. The van der Waals surface area contributed by atoms with Gasteiger partial charge in [0, 0.05) is 17.6 Å². The summed E-state index contributed by atoms with van der Waals surface area (Å²) in [4.78, 5) is 23.3. The van der Waals surface area contributed by atoms with Gasteiger partial charge in [0.05, 0.1) is 6.61 Å². The molecule has 0 bridgehead atoms. The van der Waals surface area contributed by atoms with Crippen LogP contribution in [0.3, 0.4) is 0 Å². The minimum Gasteiger partial charge on any atom is -0.462 e. The maximum atomic E-state index is 11.8. The van der Waals surface area contributed by atoms with Gasteiger partial charge in [-0.25, -0.2) is 9.59 Å². The van der Waals surface area contributed by atoms with E-state index in [1.807, 2.05) is 13.1 Å². The first-order chi connectivity index (χ1) is 9.97. The Labute approximate surface area is 136 Å². The second kappa shape index (κ2) is 9.07. The van der Waals surface area contributed by atoms with E-state index in [-0.39, 0.29) is 12.3 Å².